The molecule has 4 heteroatoms. The molecular formula is C16H23NO3. The van der Waals surface area contributed by atoms with Gasteiger partial charge in [-0.2, -0.15) is 0 Å². The van der Waals surface area contributed by atoms with Crippen LogP contribution in [0.4, 0.5) is 0 Å². The molecule has 20 heavy (non-hydrogen) atoms. The van der Waals surface area contributed by atoms with Gasteiger partial charge in [0.1, 0.15) is 5.75 Å². The predicted octanol–water partition coefficient (Wildman–Crippen LogP) is 2.28. The van der Waals surface area contributed by atoms with Crippen molar-refractivity contribution in [2.45, 2.75) is 26.3 Å². The molecule has 1 aliphatic rings. The summed E-state index contributed by atoms with van der Waals surface area (Å²) in [5, 5.41) is 3.39. The van der Waals surface area contributed by atoms with Crippen molar-refractivity contribution in [2.75, 3.05) is 26.4 Å². The largest absolute Gasteiger partial charge is 0.494 e. The third-order valence-corrected chi connectivity index (χ3v) is 3.52. The Morgan fingerprint density at radius 3 is 2.70 bits per heavy atom. The first-order valence-electron chi connectivity index (χ1n) is 7.34. The molecule has 1 aromatic rings. The van der Waals surface area contributed by atoms with E-state index in [0.29, 0.717) is 19.8 Å². The zero-order valence-corrected chi connectivity index (χ0v) is 12.2. The third kappa shape index (κ3) is 3.58. The first-order valence-corrected chi connectivity index (χ1v) is 7.34. The van der Waals surface area contributed by atoms with Gasteiger partial charge in [0.25, 0.3) is 0 Å². The number of carbonyl (C=O) groups is 1. The van der Waals surface area contributed by atoms with Gasteiger partial charge in [-0.1, -0.05) is 6.92 Å². The van der Waals surface area contributed by atoms with E-state index >= 15 is 0 Å². The Hall–Kier alpha value is -1.39. The molecule has 1 aromatic carbocycles. The van der Waals surface area contributed by atoms with Crippen LogP contribution in [0.15, 0.2) is 24.3 Å². The van der Waals surface area contributed by atoms with Gasteiger partial charge in [-0.05, 0) is 44.2 Å². The lowest BCUT2D eigenvalue weighted by atomic mass is 9.93. The Balaban J connectivity index is 2.02. The van der Waals surface area contributed by atoms with Gasteiger partial charge in [0, 0.05) is 11.6 Å². The molecule has 1 aliphatic heterocycles. The summed E-state index contributed by atoms with van der Waals surface area (Å²) in [6.07, 6.45) is 1.06. The zero-order chi connectivity index (χ0) is 14.4. The fourth-order valence-corrected chi connectivity index (χ4v) is 2.44. The van der Waals surface area contributed by atoms with E-state index in [1.54, 1.807) is 0 Å². The van der Waals surface area contributed by atoms with E-state index < -0.39 is 0 Å². The minimum atomic E-state index is -0.0838. The fourth-order valence-electron chi connectivity index (χ4n) is 2.44. The highest BCUT2D eigenvalue weighted by molar-refractivity contribution is 5.98. The SMILES string of the molecule is CCCNC1COCC1C(=O)c1ccc(OCC)cc1. The van der Waals surface area contributed by atoms with Crippen molar-refractivity contribution in [3.8, 4) is 5.75 Å². The van der Waals surface area contributed by atoms with Crippen LogP contribution in [0.2, 0.25) is 0 Å². The summed E-state index contributed by atoms with van der Waals surface area (Å²) in [6, 6.07) is 7.50. The minimum absolute atomic E-state index is 0.0838. The summed E-state index contributed by atoms with van der Waals surface area (Å²) in [4.78, 5) is 12.5. The average Bonchev–Trinajstić information content (AvgIpc) is 2.94. The van der Waals surface area contributed by atoms with Gasteiger partial charge in [-0.25, -0.2) is 0 Å². The lowest BCUT2D eigenvalue weighted by Crippen LogP contribution is -2.39. The Labute approximate surface area is 120 Å². The van der Waals surface area contributed by atoms with Crippen LogP contribution in [0.5, 0.6) is 5.75 Å². The summed E-state index contributed by atoms with van der Waals surface area (Å²) in [6.45, 7) is 6.74. The van der Waals surface area contributed by atoms with E-state index in [1.165, 1.54) is 0 Å². The van der Waals surface area contributed by atoms with Crippen molar-refractivity contribution < 1.29 is 14.3 Å². The fraction of sp³-hybridized carbons (Fsp3) is 0.562. The van der Waals surface area contributed by atoms with Gasteiger partial charge in [-0.3, -0.25) is 4.79 Å². The van der Waals surface area contributed by atoms with Crippen LogP contribution < -0.4 is 10.1 Å². The maximum atomic E-state index is 12.5. The van der Waals surface area contributed by atoms with E-state index in [0.717, 1.165) is 24.3 Å². The first-order chi connectivity index (χ1) is 9.76. The molecule has 1 fully saturated rings. The highest BCUT2D eigenvalue weighted by Gasteiger charge is 2.33. The van der Waals surface area contributed by atoms with Crippen LogP contribution >= 0.6 is 0 Å². The molecule has 1 heterocycles. The summed E-state index contributed by atoms with van der Waals surface area (Å²) in [5.74, 6) is 0.867. The summed E-state index contributed by atoms with van der Waals surface area (Å²) >= 11 is 0. The second kappa shape index (κ2) is 7.41. The second-order valence-electron chi connectivity index (χ2n) is 5.03. The van der Waals surface area contributed by atoms with E-state index in [-0.39, 0.29) is 17.7 Å². The molecule has 4 nitrogen and oxygen atoms in total. The van der Waals surface area contributed by atoms with Gasteiger partial charge in [0.15, 0.2) is 5.78 Å². The summed E-state index contributed by atoms with van der Waals surface area (Å²) in [7, 11) is 0. The van der Waals surface area contributed by atoms with Crippen LogP contribution in [-0.2, 0) is 4.74 Å². The summed E-state index contributed by atoms with van der Waals surface area (Å²) < 4.78 is 10.9. The topological polar surface area (TPSA) is 47.6 Å². The number of nitrogens with one attached hydrogen (secondary N) is 1. The molecule has 110 valence electrons. The van der Waals surface area contributed by atoms with Crippen LogP contribution in [-0.4, -0.2) is 38.2 Å². The molecule has 0 aromatic heterocycles. The third-order valence-electron chi connectivity index (χ3n) is 3.52. The maximum Gasteiger partial charge on any atom is 0.169 e. The summed E-state index contributed by atoms with van der Waals surface area (Å²) in [5.41, 5.74) is 0.729. The highest BCUT2D eigenvalue weighted by atomic mass is 16.5. The Morgan fingerprint density at radius 1 is 1.30 bits per heavy atom. The molecule has 0 spiro atoms. The second-order valence-corrected chi connectivity index (χ2v) is 5.03. The number of hydrogen-bond donors (Lipinski definition) is 1. The quantitative estimate of drug-likeness (QED) is 0.777. The van der Waals surface area contributed by atoms with E-state index in [2.05, 4.69) is 12.2 Å². The van der Waals surface area contributed by atoms with E-state index in [1.807, 2.05) is 31.2 Å². The van der Waals surface area contributed by atoms with Crippen molar-refractivity contribution in [1.29, 1.82) is 0 Å². The predicted molar refractivity (Wildman–Crippen MR) is 78.3 cm³/mol. The van der Waals surface area contributed by atoms with E-state index in [9.17, 15) is 4.79 Å². The molecule has 2 unspecified atom stereocenters. The van der Waals surface area contributed by atoms with Crippen LogP contribution in [0.25, 0.3) is 0 Å². The first kappa shape index (κ1) is 15.0. The number of Topliss-reactive ketones (excluding diaryl/α,β-unsaturated/α-hetero) is 1. The molecule has 0 radical (unpaired) electrons. The van der Waals surface area contributed by atoms with Crippen LogP contribution in [0.3, 0.4) is 0 Å². The number of hydrogen-bond acceptors (Lipinski definition) is 4. The van der Waals surface area contributed by atoms with Gasteiger partial charge in [0.2, 0.25) is 0 Å². The molecule has 0 saturated carbocycles. The van der Waals surface area contributed by atoms with Crippen LogP contribution in [0, 0.1) is 5.92 Å². The molecular weight excluding hydrogens is 254 g/mol. The Bertz CT molecular complexity index is 430. The zero-order valence-electron chi connectivity index (χ0n) is 12.2. The van der Waals surface area contributed by atoms with Crippen molar-refractivity contribution in [2.24, 2.45) is 5.92 Å². The monoisotopic (exact) mass is 277 g/mol. The molecule has 0 aliphatic carbocycles. The lowest BCUT2D eigenvalue weighted by Gasteiger charge is -2.17. The number of ketones is 1. The normalized spacial score (nSPS) is 21.9. The van der Waals surface area contributed by atoms with Crippen LogP contribution in [0.1, 0.15) is 30.6 Å². The van der Waals surface area contributed by atoms with Gasteiger partial charge in [-0.15, -0.1) is 0 Å². The number of benzene rings is 1. The molecule has 2 rings (SSSR count). The smallest absolute Gasteiger partial charge is 0.169 e. The van der Waals surface area contributed by atoms with E-state index in [4.69, 9.17) is 9.47 Å². The molecule has 1 saturated heterocycles. The number of rotatable bonds is 7. The van der Waals surface area contributed by atoms with Gasteiger partial charge < -0.3 is 14.8 Å². The Morgan fingerprint density at radius 2 is 2.05 bits per heavy atom. The lowest BCUT2D eigenvalue weighted by molar-refractivity contribution is 0.0891. The number of carbonyl (C=O) groups excluding carboxylic acids is 1. The van der Waals surface area contributed by atoms with Gasteiger partial charge >= 0.3 is 0 Å². The highest BCUT2D eigenvalue weighted by Crippen LogP contribution is 2.21. The van der Waals surface area contributed by atoms with Crippen molar-refractivity contribution in [3.63, 3.8) is 0 Å². The minimum Gasteiger partial charge on any atom is -0.494 e. The molecule has 0 bridgehead atoms. The number of ether oxygens (including phenoxy) is 2. The van der Waals surface area contributed by atoms with Crippen molar-refractivity contribution in [3.05, 3.63) is 29.8 Å². The molecule has 1 N–H and O–H groups in total. The average molecular weight is 277 g/mol. The van der Waals surface area contributed by atoms with Crippen molar-refractivity contribution >= 4 is 5.78 Å². The standard InChI is InChI=1S/C16H23NO3/c1-3-9-17-15-11-19-10-14(15)16(18)12-5-7-13(8-6-12)20-4-2/h5-8,14-15,17H,3-4,9-11H2,1-2H3. The molecule has 2 atom stereocenters. The van der Waals surface area contributed by atoms with Gasteiger partial charge in [0.05, 0.1) is 25.7 Å². The molecule has 0 amide bonds. The maximum absolute atomic E-state index is 12.5. The van der Waals surface area contributed by atoms with Crippen molar-refractivity contribution in [1.82, 2.24) is 5.32 Å². The Kier molecular flexibility index (Phi) is 5.56.